The summed E-state index contributed by atoms with van der Waals surface area (Å²) in [6.07, 6.45) is 0. The standard InChI is InChI=1S/C17H13BrO4/c1-10(19)21-17(22-11(2)20)14-8-4-3-6-12(14)13-7-5-9-15(18)16(13)17/h3-9H,1-2H3. The molecule has 22 heavy (non-hydrogen) atoms. The molecule has 0 heterocycles. The number of fused-ring (bicyclic) bond motifs is 3. The van der Waals surface area contributed by atoms with Crippen molar-refractivity contribution in [2.75, 3.05) is 0 Å². The van der Waals surface area contributed by atoms with Crippen LogP contribution in [-0.4, -0.2) is 11.9 Å². The first-order chi connectivity index (χ1) is 10.5. The minimum absolute atomic E-state index is 0.528. The maximum absolute atomic E-state index is 11.7. The molecule has 0 bridgehead atoms. The lowest BCUT2D eigenvalue weighted by Gasteiger charge is -2.30. The first kappa shape index (κ1) is 14.8. The highest BCUT2D eigenvalue weighted by Gasteiger charge is 2.51. The highest BCUT2D eigenvalue weighted by Crippen LogP contribution is 2.52. The number of ether oxygens (including phenoxy) is 2. The summed E-state index contributed by atoms with van der Waals surface area (Å²) in [7, 11) is 0. The number of benzene rings is 2. The van der Waals surface area contributed by atoms with Crippen molar-refractivity contribution in [3.63, 3.8) is 0 Å². The third-order valence-corrected chi connectivity index (χ3v) is 4.15. The molecule has 2 aromatic carbocycles. The average Bonchev–Trinajstić information content (AvgIpc) is 2.70. The second kappa shape index (κ2) is 5.25. The van der Waals surface area contributed by atoms with Crippen LogP contribution in [0.3, 0.4) is 0 Å². The molecule has 0 spiro atoms. The van der Waals surface area contributed by atoms with Crippen LogP contribution in [0.25, 0.3) is 11.1 Å². The largest absolute Gasteiger partial charge is 0.414 e. The normalized spacial score (nSPS) is 14.0. The van der Waals surface area contributed by atoms with Crippen LogP contribution in [0.4, 0.5) is 0 Å². The monoisotopic (exact) mass is 360 g/mol. The predicted molar refractivity (Wildman–Crippen MR) is 83.9 cm³/mol. The van der Waals surface area contributed by atoms with E-state index in [1.54, 1.807) is 6.07 Å². The molecule has 3 rings (SSSR count). The van der Waals surface area contributed by atoms with Gasteiger partial charge in [-0.25, -0.2) is 0 Å². The lowest BCUT2D eigenvalue weighted by atomic mass is 10.0. The minimum atomic E-state index is -1.55. The van der Waals surface area contributed by atoms with Crippen LogP contribution in [-0.2, 0) is 24.8 Å². The molecule has 112 valence electrons. The Morgan fingerprint density at radius 2 is 1.50 bits per heavy atom. The summed E-state index contributed by atoms with van der Waals surface area (Å²) in [5.74, 6) is -2.61. The van der Waals surface area contributed by atoms with Crippen LogP contribution < -0.4 is 0 Å². The van der Waals surface area contributed by atoms with Gasteiger partial charge in [-0.3, -0.25) is 9.59 Å². The van der Waals surface area contributed by atoms with Crippen molar-refractivity contribution in [2.24, 2.45) is 0 Å². The first-order valence-corrected chi connectivity index (χ1v) is 7.53. The Morgan fingerprint density at radius 1 is 0.909 bits per heavy atom. The van der Waals surface area contributed by atoms with Crippen molar-refractivity contribution in [1.82, 2.24) is 0 Å². The van der Waals surface area contributed by atoms with Crippen molar-refractivity contribution in [1.29, 1.82) is 0 Å². The van der Waals surface area contributed by atoms with E-state index in [9.17, 15) is 9.59 Å². The molecule has 0 aromatic heterocycles. The molecule has 0 N–H and O–H groups in total. The Bertz CT molecular complexity index is 766. The third-order valence-electron chi connectivity index (χ3n) is 3.49. The van der Waals surface area contributed by atoms with E-state index < -0.39 is 17.7 Å². The van der Waals surface area contributed by atoms with Crippen LogP contribution in [0.2, 0.25) is 0 Å². The summed E-state index contributed by atoms with van der Waals surface area (Å²) >= 11 is 3.48. The van der Waals surface area contributed by atoms with Crippen molar-refractivity contribution in [3.05, 3.63) is 58.1 Å². The highest BCUT2D eigenvalue weighted by molar-refractivity contribution is 9.10. The quantitative estimate of drug-likeness (QED) is 0.604. The second-order valence-corrected chi connectivity index (χ2v) is 5.87. The maximum Gasteiger partial charge on any atom is 0.312 e. The van der Waals surface area contributed by atoms with Crippen molar-refractivity contribution >= 4 is 27.9 Å². The number of carbonyl (C=O) groups is 2. The van der Waals surface area contributed by atoms with E-state index in [0.29, 0.717) is 15.6 Å². The van der Waals surface area contributed by atoms with E-state index in [2.05, 4.69) is 15.9 Å². The molecule has 2 aromatic rings. The van der Waals surface area contributed by atoms with E-state index in [1.165, 1.54) is 13.8 Å². The number of carbonyl (C=O) groups excluding carboxylic acids is 2. The molecule has 4 nitrogen and oxygen atoms in total. The Hall–Kier alpha value is -2.14. The zero-order valence-electron chi connectivity index (χ0n) is 12.1. The zero-order valence-corrected chi connectivity index (χ0v) is 13.6. The lowest BCUT2D eigenvalue weighted by Crippen LogP contribution is -2.36. The van der Waals surface area contributed by atoms with Gasteiger partial charge in [0.05, 0.1) is 5.56 Å². The molecular formula is C17H13BrO4. The summed E-state index contributed by atoms with van der Waals surface area (Å²) in [5.41, 5.74) is 3.01. The van der Waals surface area contributed by atoms with Gasteiger partial charge in [0.15, 0.2) is 0 Å². The molecule has 0 saturated heterocycles. The molecule has 0 saturated carbocycles. The fraction of sp³-hybridized carbons (Fsp3) is 0.176. The van der Waals surface area contributed by atoms with Crippen LogP contribution in [0.5, 0.6) is 0 Å². The second-order valence-electron chi connectivity index (χ2n) is 5.01. The van der Waals surface area contributed by atoms with Crippen LogP contribution in [0, 0.1) is 0 Å². The molecule has 1 aliphatic carbocycles. The fourth-order valence-corrected chi connectivity index (χ4v) is 3.49. The fourth-order valence-electron chi connectivity index (χ4n) is 2.86. The van der Waals surface area contributed by atoms with Crippen LogP contribution >= 0.6 is 15.9 Å². The molecule has 0 atom stereocenters. The average molecular weight is 361 g/mol. The molecular weight excluding hydrogens is 348 g/mol. The molecule has 0 aliphatic heterocycles. The van der Waals surface area contributed by atoms with E-state index in [1.807, 2.05) is 36.4 Å². The van der Waals surface area contributed by atoms with Gasteiger partial charge in [0.2, 0.25) is 0 Å². The summed E-state index contributed by atoms with van der Waals surface area (Å²) in [4.78, 5) is 23.4. The molecule has 0 unspecified atom stereocenters. The molecule has 1 aliphatic rings. The summed E-state index contributed by atoms with van der Waals surface area (Å²) in [6, 6.07) is 13.0. The van der Waals surface area contributed by atoms with E-state index in [4.69, 9.17) is 9.47 Å². The van der Waals surface area contributed by atoms with Crippen molar-refractivity contribution < 1.29 is 19.1 Å². The van der Waals surface area contributed by atoms with Crippen LogP contribution in [0.1, 0.15) is 25.0 Å². The van der Waals surface area contributed by atoms with Gasteiger partial charge >= 0.3 is 17.7 Å². The zero-order chi connectivity index (χ0) is 15.9. The Balaban J connectivity index is 2.37. The SMILES string of the molecule is CC(=O)OC1(OC(C)=O)c2ccccc2-c2cccc(Br)c21. The van der Waals surface area contributed by atoms with Gasteiger partial charge in [0, 0.05) is 23.9 Å². The highest BCUT2D eigenvalue weighted by atomic mass is 79.9. The van der Waals surface area contributed by atoms with Gasteiger partial charge in [0.1, 0.15) is 0 Å². The summed E-state index contributed by atoms with van der Waals surface area (Å²) in [5, 5.41) is 0. The maximum atomic E-state index is 11.7. The topological polar surface area (TPSA) is 52.6 Å². The summed E-state index contributed by atoms with van der Waals surface area (Å²) < 4.78 is 11.8. The number of esters is 2. The Labute approximate surface area is 136 Å². The van der Waals surface area contributed by atoms with Gasteiger partial charge in [-0.05, 0) is 17.2 Å². The summed E-state index contributed by atoms with van der Waals surface area (Å²) in [6.45, 7) is 2.59. The molecule has 0 amide bonds. The van der Waals surface area contributed by atoms with Gasteiger partial charge in [0.25, 0.3) is 0 Å². The van der Waals surface area contributed by atoms with Crippen molar-refractivity contribution in [2.45, 2.75) is 19.6 Å². The van der Waals surface area contributed by atoms with E-state index >= 15 is 0 Å². The molecule has 5 heteroatoms. The Morgan fingerprint density at radius 3 is 2.14 bits per heavy atom. The van der Waals surface area contributed by atoms with Gasteiger partial charge in [-0.1, -0.05) is 52.3 Å². The number of rotatable bonds is 2. The van der Waals surface area contributed by atoms with Gasteiger partial charge < -0.3 is 9.47 Å². The predicted octanol–water partition coefficient (Wildman–Crippen LogP) is 3.76. The van der Waals surface area contributed by atoms with Crippen molar-refractivity contribution in [3.8, 4) is 11.1 Å². The lowest BCUT2D eigenvalue weighted by molar-refractivity contribution is -0.214. The minimum Gasteiger partial charge on any atom is -0.414 e. The number of hydrogen-bond donors (Lipinski definition) is 0. The number of hydrogen-bond acceptors (Lipinski definition) is 4. The van der Waals surface area contributed by atoms with Gasteiger partial charge in [-0.2, -0.15) is 0 Å². The molecule has 0 radical (unpaired) electrons. The van der Waals surface area contributed by atoms with Gasteiger partial charge in [-0.15, -0.1) is 0 Å². The smallest absolute Gasteiger partial charge is 0.312 e. The molecule has 0 fully saturated rings. The van der Waals surface area contributed by atoms with Crippen LogP contribution in [0.15, 0.2) is 46.9 Å². The third kappa shape index (κ3) is 2.13. The Kier molecular flexibility index (Phi) is 3.53. The first-order valence-electron chi connectivity index (χ1n) is 6.74. The number of halogens is 1. The van der Waals surface area contributed by atoms with E-state index in [-0.39, 0.29) is 0 Å². The van der Waals surface area contributed by atoms with E-state index in [0.717, 1.165) is 11.1 Å².